The number of aliphatic hydroxyl groups is 1. The van der Waals surface area contributed by atoms with E-state index in [0.717, 1.165) is 16.1 Å². The maximum Gasteiger partial charge on any atom is 0.280 e. The van der Waals surface area contributed by atoms with E-state index >= 15 is 0 Å². The molecule has 4 aromatic rings. The summed E-state index contributed by atoms with van der Waals surface area (Å²) >= 11 is 12.5. The number of rotatable bonds is 5. The van der Waals surface area contributed by atoms with Crippen LogP contribution in [0.2, 0.25) is 10.0 Å². The molecule has 36 heavy (non-hydrogen) atoms. The highest BCUT2D eigenvalue weighted by molar-refractivity contribution is 6.37. The Kier molecular flexibility index (Phi) is 7.45. The van der Waals surface area contributed by atoms with Gasteiger partial charge in [0.25, 0.3) is 11.8 Å². The number of carbonyl (C=O) groups is 2. The molecule has 4 aromatic carbocycles. The summed E-state index contributed by atoms with van der Waals surface area (Å²) in [6, 6.07) is 27.0. The Bertz CT molecular complexity index is 1340. The predicted molar refractivity (Wildman–Crippen MR) is 143 cm³/mol. The Morgan fingerprint density at radius 2 is 1.31 bits per heavy atom. The SMILES string of the molecule is Cc1ccc(C(O)(C(=O)NN(C(=O)c2ccccc2)c2ccc(Cl)cc2Cl)c2ccc(C)cc2)cc1. The zero-order chi connectivity index (χ0) is 25.9. The average Bonchev–Trinajstić information content (AvgIpc) is 2.88. The van der Waals surface area contributed by atoms with Gasteiger partial charge in [0.2, 0.25) is 0 Å². The molecule has 0 aromatic heterocycles. The van der Waals surface area contributed by atoms with Crippen LogP contribution in [0.3, 0.4) is 0 Å². The Morgan fingerprint density at radius 1 is 0.778 bits per heavy atom. The number of halogens is 2. The smallest absolute Gasteiger partial charge is 0.280 e. The lowest BCUT2D eigenvalue weighted by Gasteiger charge is -2.32. The number of hydrogen-bond acceptors (Lipinski definition) is 3. The summed E-state index contributed by atoms with van der Waals surface area (Å²) in [4.78, 5) is 27.5. The minimum absolute atomic E-state index is 0.154. The van der Waals surface area contributed by atoms with Crippen molar-refractivity contribution in [3.05, 3.63) is 135 Å². The van der Waals surface area contributed by atoms with Gasteiger partial charge < -0.3 is 5.11 Å². The van der Waals surface area contributed by atoms with Crippen LogP contribution in [0.25, 0.3) is 0 Å². The average molecular weight is 519 g/mol. The van der Waals surface area contributed by atoms with Crippen LogP contribution in [0.15, 0.2) is 97.1 Å². The van der Waals surface area contributed by atoms with E-state index < -0.39 is 17.4 Å². The fraction of sp³-hybridized carbons (Fsp3) is 0.103. The number of aryl methyl sites for hydroxylation is 2. The molecular formula is C29H24Cl2N2O3. The van der Waals surface area contributed by atoms with Crippen molar-refractivity contribution in [2.45, 2.75) is 19.4 Å². The Hall–Kier alpha value is -3.64. The first-order chi connectivity index (χ1) is 17.2. The second-order valence-electron chi connectivity index (χ2n) is 8.49. The van der Waals surface area contributed by atoms with Gasteiger partial charge in [0.15, 0.2) is 5.60 Å². The van der Waals surface area contributed by atoms with Crippen LogP contribution in [0.1, 0.15) is 32.6 Å². The van der Waals surface area contributed by atoms with Gasteiger partial charge in [-0.15, -0.1) is 0 Å². The third-order valence-electron chi connectivity index (χ3n) is 5.86. The third-order valence-corrected chi connectivity index (χ3v) is 6.39. The third kappa shape index (κ3) is 5.14. The molecule has 7 heteroatoms. The lowest BCUT2D eigenvalue weighted by Crippen LogP contribution is -2.54. The first-order valence-corrected chi connectivity index (χ1v) is 12.0. The highest BCUT2D eigenvalue weighted by atomic mass is 35.5. The van der Waals surface area contributed by atoms with Gasteiger partial charge >= 0.3 is 0 Å². The molecule has 0 aliphatic carbocycles. The van der Waals surface area contributed by atoms with E-state index in [9.17, 15) is 14.7 Å². The molecule has 2 N–H and O–H groups in total. The molecule has 0 saturated heterocycles. The van der Waals surface area contributed by atoms with Gasteiger partial charge in [0.1, 0.15) is 0 Å². The van der Waals surface area contributed by atoms with Gasteiger partial charge in [-0.2, -0.15) is 0 Å². The molecule has 0 radical (unpaired) electrons. The van der Waals surface area contributed by atoms with Crippen LogP contribution in [-0.2, 0) is 10.4 Å². The number of hydrazine groups is 1. The largest absolute Gasteiger partial charge is 0.372 e. The summed E-state index contributed by atoms with van der Waals surface area (Å²) in [6.45, 7) is 3.83. The summed E-state index contributed by atoms with van der Waals surface area (Å²) in [5, 5.41) is 13.5. The van der Waals surface area contributed by atoms with Crippen LogP contribution in [0, 0.1) is 13.8 Å². The van der Waals surface area contributed by atoms with Crippen molar-refractivity contribution in [1.82, 2.24) is 5.43 Å². The molecule has 0 spiro atoms. The molecule has 0 fully saturated rings. The van der Waals surface area contributed by atoms with E-state index in [4.69, 9.17) is 23.2 Å². The maximum absolute atomic E-state index is 13.9. The van der Waals surface area contributed by atoms with Crippen LogP contribution in [-0.4, -0.2) is 16.9 Å². The van der Waals surface area contributed by atoms with Crippen LogP contribution in [0.5, 0.6) is 0 Å². The van der Waals surface area contributed by atoms with Crippen molar-refractivity contribution in [2.24, 2.45) is 0 Å². The Balaban J connectivity index is 1.82. The topological polar surface area (TPSA) is 69.6 Å². The molecule has 0 bridgehead atoms. The number of benzene rings is 4. The number of amides is 2. The predicted octanol–water partition coefficient (Wildman–Crippen LogP) is 6.22. The van der Waals surface area contributed by atoms with Crippen molar-refractivity contribution < 1.29 is 14.7 Å². The number of hydrogen-bond donors (Lipinski definition) is 2. The molecule has 0 aliphatic rings. The van der Waals surface area contributed by atoms with Crippen LogP contribution < -0.4 is 10.4 Å². The first-order valence-electron chi connectivity index (χ1n) is 11.2. The van der Waals surface area contributed by atoms with Gasteiger partial charge in [-0.1, -0.05) is 101 Å². The summed E-state index contributed by atoms with van der Waals surface area (Å²) in [7, 11) is 0. The Morgan fingerprint density at radius 3 is 1.81 bits per heavy atom. The second kappa shape index (κ2) is 10.5. The van der Waals surface area contributed by atoms with Gasteiger partial charge in [0.05, 0.1) is 10.7 Å². The molecule has 4 rings (SSSR count). The van der Waals surface area contributed by atoms with Gasteiger partial charge in [-0.3, -0.25) is 15.0 Å². The van der Waals surface area contributed by atoms with Gasteiger partial charge in [-0.25, -0.2) is 5.01 Å². The first kappa shape index (κ1) is 25.5. The number of carbonyl (C=O) groups excluding carboxylic acids is 2. The van der Waals surface area contributed by atoms with Crippen molar-refractivity contribution in [3.63, 3.8) is 0 Å². The van der Waals surface area contributed by atoms with E-state index in [-0.39, 0.29) is 10.7 Å². The van der Waals surface area contributed by atoms with E-state index in [1.54, 1.807) is 60.7 Å². The summed E-state index contributed by atoms with van der Waals surface area (Å²) in [5.74, 6) is -1.37. The van der Waals surface area contributed by atoms with E-state index in [2.05, 4.69) is 5.43 Å². The highest BCUT2D eigenvalue weighted by Gasteiger charge is 2.42. The zero-order valence-corrected chi connectivity index (χ0v) is 21.2. The molecular weight excluding hydrogens is 495 g/mol. The zero-order valence-electron chi connectivity index (χ0n) is 19.7. The van der Waals surface area contributed by atoms with E-state index in [1.165, 1.54) is 12.1 Å². The van der Waals surface area contributed by atoms with Crippen LogP contribution in [0.4, 0.5) is 5.69 Å². The maximum atomic E-state index is 13.9. The fourth-order valence-electron chi connectivity index (χ4n) is 3.79. The van der Waals surface area contributed by atoms with Gasteiger partial charge in [-0.05, 0) is 55.3 Å². The molecule has 0 atom stereocenters. The summed E-state index contributed by atoms with van der Waals surface area (Å²) in [6.07, 6.45) is 0. The van der Waals surface area contributed by atoms with E-state index in [1.807, 2.05) is 38.1 Å². The minimum Gasteiger partial charge on any atom is -0.372 e. The van der Waals surface area contributed by atoms with Crippen molar-refractivity contribution in [1.29, 1.82) is 0 Å². The summed E-state index contributed by atoms with van der Waals surface area (Å²) < 4.78 is 0. The van der Waals surface area contributed by atoms with Crippen molar-refractivity contribution in [2.75, 3.05) is 5.01 Å². The minimum atomic E-state index is -2.10. The molecule has 182 valence electrons. The number of nitrogens with zero attached hydrogens (tertiary/aromatic N) is 1. The second-order valence-corrected chi connectivity index (χ2v) is 9.33. The number of nitrogens with one attached hydrogen (secondary N) is 1. The monoisotopic (exact) mass is 518 g/mol. The Labute approximate surface area is 219 Å². The van der Waals surface area contributed by atoms with E-state index in [0.29, 0.717) is 21.7 Å². The molecule has 0 unspecified atom stereocenters. The number of anilines is 1. The summed E-state index contributed by atoms with van der Waals surface area (Å²) in [5.41, 5.74) is 3.69. The molecule has 5 nitrogen and oxygen atoms in total. The quantitative estimate of drug-likeness (QED) is 0.308. The highest BCUT2D eigenvalue weighted by Crippen LogP contribution is 2.33. The lowest BCUT2D eigenvalue weighted by molar-refractivity contribution is -0.136. The van der Waals surface area contributed by atoms with Crippen LogP contribution >= 0.6 is 23.2 Å². The molecule has 0 aliphatic heterocycles. The normalized spacial score (nSPS) is 11.1. The molecule has 0 saturated carbocycles. The lowest BCUT2D eigenvalue weighted by atomic mass is 9.85. The van der Waals surface area contributed by atoms with Crippen molar-refractivity contribution >= 4 is 40.7 Å². The molecule has 0 heterocycles. The molecule has 2 amide bonds. The fourth-order valence-corrected chi connectivity index (χ4v) is 4.29. The van der Waals surface area contributed by atoms with Gasteiger partial charge in [0, 0.05) is 10.6 Å². The van der Waals surface area contributed by atoms with Crippen molar-refractivity contribution in [3.8, 4) is 0 Å². The standard InChI is InChI=1S/C29H24Cl2N2O3/c1-19-8-12-22(13-9-19)29(36,23-14-10-20(2)11-15-23)28(35)32-33(26-17-16-24(30)18-25(26)31)27(34)21-6-4-3-5-7-21/h3-18,36H,1-2H3,(H,32,35).